The lowest BCUT2D eigenvalue weighted by Gasteiger charge is -2.16. The summed E-state index contributed by atoms with van der Waals surface area (Å²) in [5.74, 6) is 0. The van der Waals surface area contributed by atoms with E-state index < -0.39 is 0 Å². The second kappa shape index (κ2) is 5.89. The van der Waals surface area contributed by atoms with Crippen molar-refractivity contribution in [1.29, 1.82) is 0 Å². The zero-order valence-corrected chi connectivity index (χ0v) is 14.1. The number of rotatable bonds is 6. The van der Waals surface area contributed by atoms with Crippen molar-refractivity contribution in [3.63, 3.8) is 0 Å². The van der Waals surface area contributed by atoms with Gasteiger partial charge in [-0.05, 0) is 32.6 Å². The lowest BCUT2D eigenvalue weighted by atomic mass is 10.1. The van der Waals surface area contributed by atoms with Crippen LogP contribution in [0, 0.1) is 6.92 Å². The minimum absolute atomic E-state index is 0.199. The standard InChI is InChI=1S/C16H24N4S/c1-5-13-10(3)21-16(18-13)15(17-11-7-8-11)12-9-20(4)19-14(12)6-2/h9,11,15,17H,5-8H2,1-4H3. The third-order valence-electron chi connectivity index (χ3n) is 4.05. The molecule has 3 rings (SSSR count). The maximum atomic E-state index is 4.89. The Kier molecular flexibility index (Phi) is 4.13. The predicted molar refractivity (Wildman–Crippen MR) is 86.8 cm³/mol. The number of hydrogen-bond donors (Lipinski definition) is 1. The van der Waals surface area contributed by atoms with E-state index in [-0.39, 0.29) is 6.04 Å². The van der Waals surface area contributed by atoms with Gasteiger partial charge in [0.1, 0.15) is 5.01 Å². The Morgan fingerprint density at radius 3 is 2.62 bits per heavy atom. The van der Waals surface area contributed by atoms with Gasteiger partial charge in [0, 0.05) is 29.7 Å². The van der Waals surface area contributed by atoms with Crippen LogP contribution in [-0.2, 0) is 19.9 Å². The molecule has 0 saturated heterocycles. The van der Waals surface area contributed by atoms with Crippen LogP contribution in [0.4, 0.5) is 0 Å². The fourth-order valence-electron chi connectivity index (χ4n) is 2.75. The molecule has 2 aromatic rings. The van der Waals surface area contributed by atoms with Gasteiger partial charge < -0.3 is 5.32 Å². The van der Waals surface area contributed by atoms with Gasteiger partial charge in [-0.25, -0.2) is 4.98 Å². The molecule has 21 heavy (non-hydrogen) atoms. The molecule has 0 spiro atoms. The van der Waals surface area contributed by atoms with Crippen molar-refractivity contribution in [1.82, 2.24) is 20.1 Å². The smallest absolute Gasteiger partial charge is 0.115 e. The number of thiazole rings is 1. The molecule has 114 valence electrons. The summed E-state index contributed by atoms with van der Waals surface area (Å²) in [7, 11) is 2.00. The molecule has 1 aliphatic carbocycles. The highest BCUT2D eigenvalue weighted by Gasteiger charge is 2.30. The molecular formula is C16H24N4S. The zero-order valence-electron chi connectivity index (χ0n) is 13.3. The molecule has 1 aliphatic rings. The molecule has 0 radical (unpaired) electrons. The van der Waals surface area contributed by atoms with Gasteiger partial charge in [0.2, 0.25) is 0 Å². The molecular weight excluding hydrogens is 280 g/mol. The van der Waals surface area contributed by atoms with Crippen molar-refractivity contribution in [3.05, 3.63) is 33.0 Å². The zero-order chi connectivity index (χ0) is 15.0. The Balaban J connectivity index is 1.99. The van der Waals surface area contributed by atoms with Gasteiger partial charge in [-0.3, -0.25) is 4.68 Å². The van der Waals surface area contributed by atoms with Crippen LogP contribution >= 0.6 is 11.3 Å². The first kappa shape index (κ1) is 14.7. The van der Waals surface area contributed by atoms with Gasteiger partial charge in [0.05, 0.1) is 17.4 Å². The molecule has 0 aliphatic heterocycles. The van der Waals surface area contributed by atoms with E-state index in [0.29, 0.717) is 6.04 Å². The van der Waals surface area contributed by atoms with Gasteiger partial charge in [-0.1, -0.05) is 13.8 Å². The van der Waals surface area contributed by atoms with Crippen LogP contribution < -0.4 is 5.32 Å². The van der Waals surface area contributed by atoms with E-state index in [1.54, 1.807) is 0 Å². The topological polar surface area (TPSA) is 42.7 Å². The molecule has 0 aromatic carbocycles. The van der Waals surface area contributed by atoms with E-state index in [1.165, 1.54) is 39.7 Å². The second-order valence-electron chi connectivity index (χ2n) is 5.84. The van der Waals surface area contributed by atoms with Crippen molar-refractivity contribution >= 4 is 11.3 Å². The summed E-state index contributed by atoms with van der Waals surface area (Å²) < 4.78 is 1.93. The molecule has 2 heterocycles. The first-order valence-electron chi connectivity index (χ1n) is 7.87. The van der Waals surface area contributed by atoms with Crippen molar-refractivity contribution in [3.8, 4) is 0 Å². The summed E-state index contributed by atoms with van der Waals surface area (Å²) in [5, 5.41) is 9.57. The lowest BCUT2D eigenvalue weighted by molar-refractivity contribution is 0.592. The van der Waals surface area contributed by atoms with Crippen molar-refractivity contribution in [2.45, 2.75) is 58.5 Å². The average Bonchev–Trinajstić information content (AvgIpc) is 3.10. The van der Waals surface area contributed by atoms with E-state index in [0.717, 1.165) is 12.8 Å². The van der Waals surface area contributed by atoms with Gasteiger partial charge in [0.15, 0.2) is 0 Å². The Labute approximate surface area is 130 Å². The molecule has 0 amide bonds. The van der Waals surface area contributed by atoms with E-state index in [2.05, 4.69) is 37.4 Å². The quantitative estimate of drug-likeness (QED) is 0.891. The molecule has 4 nitrogen and oxygen atoms in total. The van der Waals surface area contributed by atoms with Gasteiger partial charge in [-0.2, -0.15) is 5.10 Å². The summed E-state index contributed by atoms with van der Waals surface area (Å²) >= 11 is 1.83. The van der Waals surface area contributed by atoms with Crippen LogP contribution in [0.15, 0.2) is 6.20 Å². The first-order chi connectivity index (χ1) is 10.1. The predicted octanol–water partition coefficient (Wildman–Crippen LogP) is 3.15. The molecule has 1 N–H and O–H groups in total. The SMILES string of the molecule is CCc1nn(C)cc1C(NC1CC1)c1nc(CC)c(C)s1. The summed E-state index contributed by atoms with van der Waals surface area (Å²) in [5.41, 5.74) is 3.71. The van der Waals surface area contributed by atoms with Crippen LogP contribution in [0.1, 0.15) is 59.6 Å². The third-order valence-corrected chi connectivity index (χ3v) is 5.13. The highest BCUT2D eigenvalue weighted by atomic mass is 32.1. The van der Waals surface area contributed by atoms with E-state index >= 15 is 0 Å². The maximum Gasteiger partial charge on any atom is 0.115 e. The molecule has 1 fully saturated rings. The Bertz CT molecular complexity index is 624. The van der Waals surface area contributed by atoms with Crippen LogP contribution in [0.3, 0.4) is 0 Å². The normalized spacial score (nSPS) is 16.4. The van der Waals surface area contributed by atoms with Gasteiger partial charge in [-0.15, -0.1) is 11.3 Å². The number of aromatic nitrogens is 3. The molecule has 1 saturated carbocycles. The average molecular weight is 304 g/mol. The Morgan fingerprint density at radius 1 is 1.33 bits per heavy atom. The molecule has 1 unspecified atom stereocenters. The summed E-state index contributed by atoms with van der Waals surface area (Å²) in [6.07, 6.45) is 6.68. The third kappa shape index (κ3) is 3.04. The minimum Gasteiger partial charge on any atom is -0.301 e. The minimum atomic E-state index is 0.199. The van der Waals surface area contributed by atoms with Crippen LogP contribution in [0.25, 0.3) is 0 Å². The van der Waals surface area contributed by atoms with Gasteiger partial charge >= 0.3 is 0 Å². The highest BCUT2D eigenvalue weighted by Crippen LogP contribution is 2.33. The Hall–Kier alpha value is -1.20. The monoisotopic (exact) mass is 304 g/mol. The largest absolute Gasteiger partial charge is 0.301 e. The Morgan fingerprint density at radius 2 is 2.05 bits per heavy atom. The fourth-order valence-corrected chi connectivity index (χ4v) is 3.84. The second-order valence-corrected chi connectivity index (χ2v) is 7.08. The molecule has 0 bridgehead atoms. The lowest BCUT2D eigenvalue weighted by Crippen LogP contribution is -2.25. The van der Waals surface area contributed by atoms with E-state index in [4.69, 9.17) is 4.98 Å². The van der Waals surface area contributed by atoms with Gasteiger partial charge in [0.25, 0.3) is 0 Å². The van der Waals surface area contributed by atoms with Crippen molar-refractivity contribution in [2.24, 2.45) is 7.05 Å². The van der Waals surface area contributed by atoms with Crippen molar-refractivity contribution < 1.29 is 0 Å². The van der Waals surface area contributed by atoms with Crippen LogP contribution in [0.5, 0.6) is 0 Å². The van der Waals surface area contributed by atoms with Crippen molar-refractivity contribution in [2.75, 3.05) is 0 Å². The number of hydrogen-bond acceptors (Lipinski definition) is 4. The highest BCUT2D eigenvalue weighted by molar-refractivity contribution is 7.11. The van der Waals surface area contributed by atoms with Crippen LogP contribution in [0.2, 0.25) is 0 Å². The van der Waals surface area contributed by atoms with E-state index in [1.807, 2.05) is 23.1 Å². The number of aryl methyl sites for hydroxylation is 4. The maximum absolute atomic E-state index is 4.89. The van der Waals surface area contributed by atoms with E-state index in [9.17, 15) is 0 Å². The fraction of sp³-hybridized carbons (Fsp3) is 0.625. The summed E-state index contributed by atoms with van der Waals surface area (Å²) in [6, 6.07) is 0.847. The summed E-state index contributed by atoms with van der Waals surface area (Å²) in [6.45, 7) is 6.53. The molecule has 5 heteroatoms. The summed E-state index contributed by atoms with van der Waals surface area (Å²) in [4.78, 5) is 6.23. The number of nitrogens with zero attached hydrogens (tertiary/aromatic N) is 3. The first-order valence-corrected chi connectivity index (χ1v) is 8.68. The van der Waals surface area contributed by atoms with Crippen LogP contribution in [-0.4, -0.2) is 20.8 Å². The number of nitrogens with one attached hydrogen (secondary N) is 1. The molecule has 2 aromatic heterocycles. The molecule has 1 atom stereocenters.